The standard InChI is InChI=1S/C15H17Cl2NO5/c1-14(8-15(14,16)17)13(20)23-7-12(19)18-10-5-4-9(21-2)6-11(10)22-3/h4-6H,7-8H2,1-3H3,(H,18,19)/t14-/m0/s1. The summed E-state index contributed by atoms with van der Waals surface area (Å²) in [6.07, 6.45) is 0.301. The van der Waals surface area contributed by atoms with Gasteiger partial charge in [0.25, 0.3) is 5.91 Å². The van der Waals surface area contributed by atoms with Crippen molar-refractivity contribution in [2.45, 2.75) is 17.7 Å². The summed E-state index contributed by atoms with van der Waals surface area (Å²) in [7, 11) is 3.00. The number of esters is 1. The highest BCUT2D eigenvalue weighted by atomic mass is 35.5. The Hall–Kier alpha value is -1.66. The first kappa shape index (κ1) is 17.7. The maximum Gasteiger partial charge on any atom is 0.315 e. The number of anilines is 1. The molecule has 1 atom stereocenters. The Morgan fingerprint density at radius 1 is 1.26 bits per heavy atom. The molecule has 6 nitrogen and oxygen atoms in total. The van der Waals surface area contributed by atoms with Crippen molar-refractivity contribution in [3.63, 3.8) is 0 Å². The van der Waals surface area contributed by atoms with Crippen LogP contribution in [0.5, 0.6) is 11.5 Å². The Morgan fingerprint density at radius 2 is 1.91 bits per heavy atom. The van der Waals surface area contributed by atoms with Crippen molar-refractivity contribution < 1.29 is 23.8 Å². The van der Waals surface area contributed by atoms with Gasteiger partial charge in [0, 0.05) is 12.5 Å². The van der Waals surface area contributed by atoms with Crippen molar-refractivity contribution in [1.82, 2.24) is 0 Å². The van der Waals surface area contributed by atoms with Crippen molar-refractivity contribution in [3.05, 3.63) is 18.2 Å². The van der Waals surface area contributed by atoms with E-state index in [4.69, 9.17) is 37.4 Å². The van der Waals surface area contributed by atoms with Crippen LogP contribution in [0.3, 0.4) is 0 Å². The number of nitrogens with one attached hydrogen (secondary N) is 1. The van der Waals surface area contributed by atoms with Crippen LogP contribution in [-0.2, 0) is 14.3 Å². The molecular formula is C15H17Cl2NO5. The molecule has 126 valence electrons. The van der Waals surface area contributed by atoms with E-state index in [0.29, 0.717) is 23.6 Å². The van der Waals surface area contributed by atoms with Crippen molar-refractivity contribution in [2.24, 2.45) is 5.41 Å². The number of hydrogen-bond acceptors (Lipinski definition) is 5. The fraction of sp³-hybridized carbons (Fsp3) is 0.467. The number of ether oxygens (including phenoxy) is 3. The van der Waals surface area contributed by atoms with Crippen molar-refractivity contribution in [1.29, 1.82) is 0 Å². The van der Waals surface area contributed by atoms with E-state index in [2.05, 4.69) is 5.32 Å². The average molecular weight is 362 g/mol. The number of benzene rings is 1. The van der Waals surface area contributed by atoms with Crippen LogP contribution in [0, 0.1) is 5.41 Å². The van der Waals surface area contributed by atoms with Crippen LogP contribution in [0.15, 0.2) is 18.2 Å². The van der Waals surface area contributed by atoms with Gasteiger partial charge in [-0.3, -0.25) is 9.59 Å². The third kappa shape index (κ3) is 3.64. The smallest absolute Gasteiger partial charge is 0.315 e. The van der Waals surface area contributed by atoms with Crippen LogP contribution < -0.4 is 14.8 Å². The third-order valence-electron chi connectivity index (χ3n) is 3.73. The Labute approximate surface area is 144 Å². The lowest BCUT2D eigenvalue weighted by Crippen LogP contribution is -2.26. The molecule has 1 aliphatic carbocycles. The summed E-state index contributed by atoms with van der Waals surface area (Å²) in [5, 5.41) is 2.60. The molecule has 1 aromatic rings. The molecule has 1 amide bonds. The first-order valence-electron chi connectivity index (χ1n) is 6.80. The minimum atomic E-state index is -1.13. The van der Waals surface area contributed by atoms with Crippen molar-refractivity contribution in [3.8, 4) is 11.5 Å². The van der Waals surface area contributed by atoms with E-state index >= 15 is 0 Å². The highest BCUT2D eigenvalue weighted by Crippen LogP contribution is 2.64. The van der Waals surface area contributed by atoms with E-state index in [-0.39, 0.29) is 0 Å². The first-order valence-corrected chi connectivity index (χ1v) is 7.56. The Morgan fingerprint density at radius 3 is 2.43 bits per heavy atom. The van der Waals surface area contributed by atoms with Gasteiger partial charge < -0.3 is 19.5 Å². The summed E-state index contributed by atoms with van der Waals surface area (Å²) in [5.41, 5.74) is -0.523. The molecule has 0 heterocycles. The number of carbonyl (C=O) groups is 2. The van der Waals surface area contributed by atoms with Gasteiger partial charge in [-0.2, -0.15) is 0 Å². The summed E-state index contributed by atoms with van der Waals surface area (Å²) in [6.45, 7) is 1.16. The summed E-state index contributed by atoms with van der Waals surface area (Å²) in [6, 6.07) is 4.93. The van der Waals surface area contributed by atoms with Crippen LogP contribution >= 0.6 is 23.2 Å². The molecule has 2 rings (SSSR count). The number of carbonyl (C=O) groups excluding carboxylic acids is 2. The van der Waals surface area contributed by atoms with E-state index in [1.807, 2.05) is 0 Å². The van der Waals surface area contributed by atoms with Gasteiger partial charge in [0.05, 0.1) is 19.9 Å². The molecule has 0 bridgehead atoms. The SMILES string of the molecule is COc1ccc(NC(=O)COC(=O)[C@]2(C)CC2(Cl)Cl)c(OC)c1. The van der Waals surface area contributed by atoms with E-state index in [0.717, 1.165) is 0 Å². The van der Waals surface area contributed by atoms with Crippen LogP contribution in [0.1, 0.15) is 13.3 Å². The maximum absolute atomic E-state index is 11.9. The van der Waals surface area contributed by atoms with E-state index in [1.165, 1.54) is 14.2 Å². The van der Waals surface area contributed by atoms with E-state index < -0.39 is 28.2 Å². The van der Waals surface area contributed by atoms with Gasteiger partial charge >= 0.3 is 5.97 Å². The highest BCUT2D eigenvalue weighted by molar-refractivity contribution is 6.53. The number of methoxy groups -OCH3 is 2. The Kier molecular flexibility index (Phi) is 4.96. The number of rotatable bonds is 6. The number of alkyl halides is 2. The van der Waals surface area contributed by atoms with Gasteiger partial charge in [-0.15, -0.1) is 23.2 Å². The Balaban J connectivity index is 1.92. The zero-order valence-corrected chi connectivity index (χ0v) is 14.5. The molecule has 0 spiro atoms. The van der Waals surface area contributed by atoms with Gasteiger partial charge in [-0.05, 0) is 19.1 Å². The highest BCUT2D eigenvalue weighted by Gasteiger charge is 2.69. The Bertz CT molecular complexity index is 634. The molecule has 8 heteroatoms. The number of amides is 1. The minimum Gasteiger partial charge on any atom is -0.497 e. The minimum absolute atomic E-state index is 0.301. The third-order valence-corrected chi connectivity index (χ3v) is 4.83. The number of hydrogen-bond donors (Lipinski definition) is 1. The molecular weight excluding hydrogens is 345 g/mol. The van der Waals surface area contributed by atoms with Crippen molar-refractivity contribution in [2.75, 3.05) is 26.1 Å². The molecule has 0 saturated heterocycles. The van der Waals surface area contributed by atoms with Gasteiger partial charge in [0.2, 0.25) is 0 Å². The van der Waals surface area contributed by atoms with Crippen molar-refractivity contribution >= 4 is 40.8 Å². The lowest BCUT2D eigenvalue weighted by molar-refractivity contribution is -0.152. The zero-order chi connectivity index (χ0) is 17.3. The molecule has 0 aromatic heterocycles. The van der Waals surface area contributed by atoms with Crippen LogP contribution in [0.2, 0.25) is 0 Å². The van der Waals surface area contributed by atoms with Gasteiger partial charge in [0.1, 0.15) is 21.2 Å². The monoisotopic (exact) mass is 361 g/mol. The summed E-state index contributed by atoms with van der Waals surface area (Å²) in [4.78, 5) is 23.8. The fourth-order valence-electron chi connectivity index (χ4n) is 2.00. The predicted molar refractivity (Wildman–Crippen MR) is 86.3 cm³/mol. The van der Waals surface area contributed by atoms with E-state index in [1.54, 1.807) is 25.1 Å². The fourth-order valence-corrected chi connectivity index (χ4v) is 2.69. The summed E-state index contributed by atoms with van der Waals surface area (Å²) >= 11 is 11.8. The molecule has 23 heavy (non-hydrogen) atoms. The lowest BCUT2D eigenvalue weighted by Gasteiger charge is -2.13. The number of halogens is 2. The maximum atomic E-state index is 11.9. The summed E-state index contributed by atoms with van der Waals surface area (Å²) in [5.74, 6) is -0.0765. The molecule has 0 aliphatic heterocycles. The quantitative estimate of drug-likeness (QED) is 0.622. The zero-order valence-electron chi connectivity index (χ0n) is 12.9. The molecule has 1 fully saturated rings. The molecule has 1 saturated carbocycles. The first-order chi connectivity index (χ1) is 10.7. The largest absolute Gasteiger partial charge is 0.497 e. The van der Waals surface area contributed by atoms with Gasteiger partial charge in [0.15, 0.2) is 6.61 Å². The molecule has 1 aliphatic rings. The van der Waals surface area contributed by atoms with Gasteiger partial charge in [-0.1, -0.05) is 0 Å². The second-order valence-electron chi connectivity index (χ2n) is 5.40. The second kappa shape index (κ2) is 6.45. The van der Waals surface area contributed by atoms with E-state index in [9.17, 15) is 9.59 Å². The van der Waals surface area contributed by atoms with Crippen LogP contribution in [-0.4, -0.2) is 37.0 Å². The molecule has 1 aromatic carbocycles. The molecule has 0 unspecified atom stereocenters. The second-order valence-corrected chi connectivity index (χ2v) is 6.89. The van der Waals surface area contributed by atoms with Crippen LogP contribution in [0.4, 0.5) is 5.69 Å². The topological polar surface area (TPSA) is 73.9 Å². The lowest BCUT2D eigenvalue weighted by atomic mass is 10.1. The molecule has 1 N–H and O–H groups in total. The molecule has 0 radical (unpaired) electrons. The van der Waals surface area contributed by atoms with Crippen LogP contribution in [0.25, 0.3) is 0 Å². The summed E-state index contributed by atoms with van der Waals surface area (Å²) < 4.78 is 14.1. The normalized spacial score (nSPS) is 21.3. The van der Waals surface area contributed by atoms with Gasteiger partial charge in [-0.25, -0.2) is 0 Å². The average Bonchev–Trinajstić information content (AvgIpc) is 3.04. The predicted octanol–water partition coefficient (Wildman–Crippen LogP) is 2.77.